The Hall–Kier alpha value is -2.41. The highest BCUT2D eigenvalue weighted by Crippen LogP contribution is 2.32. The van der Waals surface area contributed by atoms with Gasteiger partial charge in [-0.25, -0.2) is 0 Å². The number of carbonyl (C=O) groups excluding carboxylic acids is 1. The summed E-state index contributed by atoms with van der Waals surface area (Å²) in [5.74, 6) is 0.124. The predicted octanol–water partition coefficient (Wildman–Crippen LogP) is 2.27. The summed E-state index contributed by atoms with van der Waals surface area (Å²) in [7, 11) is 0. The van der Waals surface area contributed by atoms with E-state index in [4.69, 9.17) is 5.26 Å². The molecule has 1 amide bonds. The van der Waals surface area contributed by atoms with Gasteiger partial charge in [0.25, 0.3) is 5.91 Å². The van der Waals surface area contributed by atoms with Crippen molar-refractivity contribution >= 4 is 16.8 Å². The Morgan fingerprint density at radius 3 is 2.89 bits per heavy atom. The highest BCUT2D eigenvalue weighted by Gasteiger charge is 2.32. The van der Waals surface area contributed by atoms with Crippen LogP contribution in [0, 0.1) is 17.2 Å². The first-order chi connectivity index (χ1) is 9.29. The van der Waals surface area contributed by atoms with Gasteiger partial charge in [-0.05, 0) is 30.9 Å². The Morgan fingerprint density at radius 2 is 2.16 bits per heavy atom. The number of benzene rings is 1. The number of nitrogens with zero attached hydrogens (tertiary/aromatic N) is 2. The van der Waals surface area contributed by atoms with Gasteiger partial charge >= 0.3 is 0 Å². The Balaban J connectivity index is 1.91. The van der Waals surface area contributed by atoms with Crippen LogP contribution in [-0.4, -0.2) is 16.9 Å². The smallest absolute Gasteiger partial charge is 0.253 e. The summed E-state index contributed by atoms with van der Waals surface area (Å²) in [5.41, 5.74) is 1.36. The molecule has 1 saturated carbocycles. The number of hydrogen-bond donors (Lipinski definition) is 1. The van der Waals surface area contributed by atoms with Gasteiger partial charge in [-0.2, -0.15) is 5.26 Å². The zero-order chi connectivity index (χ0) is 13.2. The van der Waals surface area contributed by atoms with Crippen LogP contribution in [0.2, 0.25) is 0 Å². The average molecular weight is 251 g/mol. The number of hydrogen-bond acceptors (Lipinski definition) is 3. The molecular weight excluding hydrogens is 238 g/mol. The molecular formula is C15H13N3O. The molecule has 1 unspecified atom stereocenters. The quantitative estimate of drug-likeness (QED) is 0.910. The lowest BCUT2D eigenvalue weighted by atomic mass is 10.1. The van der Waals surface area contributed by atoms with Crippen molar-refractivity contribution in [3.05, 3.63) is 42.1 Å². The molecule has 4 heteroatoms. The highest BCUT2D eigenvalue weighted by molar-refractivity contribution is 6.06. The summed E-state index contributed by atoms with van der Waals surface area (Å²) in [4.78, 5) is 16.5. The molecule has 1 aliphatic carbocycles. The monoisotopic (exact) mass is 251 g/mol. The van der Waals surface area contributed by atoms with Crippen LogP contribution in [-0.2, 0) is 0 Å². The van der Waals surface area contributed by atoms with Gasteiger partial charge < -0.3 is 5.32 Å². The summed E-state index contributed by atoms with van der Waals surface area (Å²) >= 11 is 0. The Bertz CT molecular complexity index is 665. The number of aromatic nitrogens is 1. The van der Waals surface area contributed by atoms with Gasteiger partial charge in [0.2, 0.25) is 0 Å². The van der Waals surface area contributed by atoms with Crippen LogP contribution in [0.15, 0.2) is 36.5 Å². The number of para-hydroxylation sites is 1. The molecule has 1 aromatic heterocycles. The second kappa shape index (κ2) is 4.69. The largest absolute Gasteiger partial charge is 0.336 e. The Labute approximate surface area is 111 Å². The molecule has 1 heterocycles. The van der Waals surface area contributed by atoms with E-state index in [0.717, 1.165) is 23.7 Å². The van der Waals surface area contributed by atoms with E-state index in [1.807, 2.05) is 24.3 Å². The van der Waals surface area contributed by atoms with Crippen molar-refractivity contribution in [2.75, 3.05) is 0 Å². The molecule has 1 atom stereocenters. The normalized spacial score (nSPS) is 15.7. The van der Waals surface area contributed by atoms with Crippen molar-refractivity contribution in [1.82, 2.24) is 10.3 Å². The maximum Gasteiger partial charge on any atom is 0.253 e. The van der Waals surface area contributed by atoms with E-state index >= 15 is 0 Å². The molecule has 1 N–H and O–H groups in total. The summed E-state index contributed by atoms with van der Waals surface area (Å²) in [6.45, 7) is 0. The topological polar surface area (TPSA) is 65.8 Å². The van der Waals surface area contributed by atoms with Crippen LogP contribution >= 0.6 is 0 Å². The van der Waals surface area contributed by atoms with E-state index in [-0.39, 0.29) is 11.9 Å². The first kappa shape index (κ1) is 11.7. The maximum absolute atomic E-state index is 12.3. The molecule has 0 saturated heterocycles. The first-order valence-electron chi connectivity index (χ1n) is 6.34. The number of nitriles is 1. The van der Waals surface area contributed by atoms with Crippen molar-refractivity contribution in [2.24, 2.45) is 5.92 Å². The van der Waals surface area contributed by atoms with Crippen LogP contribution in [0.4, 0.5) is 0 Å². The van der Waals surface area contributed by atoms with Gasteiger partial charge in [0.1, 0.15) is 6.04 Å². The Kier molecular flexibility index (Phi) is 2.88. The SMILES string of the molecule is N#CC(NC(=O)c1ccnc2ccccc12)C1CC1. The average Bonchev–Trinajstić information content (AvgIpc) is 3.28. The van der Waals surface area contributed by atoms with Crippen molar-refractivity contribution < 1.29 is 4.79 Å². The van der Waals surface area contributed by atoms with Gasteiger partial charge in [-0.1, -0.05) is 18.2 Å². The van der Waals surface area contributed by atoms with Crippen molar-refractivity contribution in [3.63, 3.8) is 0 Å². The third kappa shape index (κ3) is 2.27. The molecule has 2 aromatic rings. The lowest BCUT2D eigenvalue weighted by Crippen LogP contribution is -2.35. The molecule has 1 fully saturated rings. The summed E-state index contributed by atoms with van der Waals surface area (Å²) < 4.78 is 0. The third-order valence-electron chi connectivity index (χ3n) is 3.41. The van der Waals surface area contributed by atoms with Crippen molar-refractivity contribution in [2.45, 2.75) is 18.9 Å². The number of fused-ring (bicyclic) bond motifs is 1. The molecule has 94 valence electrons. The fraction of sp³-hybridized carbons (Fsp3) is 0.267. The highest BCUT2D eigenvalue weighted by atomic mass is 16.1. The van der Waals surface area contributed by atoms with Gasteiger partial charge in [0, 0.05) is 11.6 Å². The van der Waals surface area contributed by atoms with Crippen LogP contribution < -0.4 is 5.32 Å². The number of amides is 1. The maximum atomic E-state index is 12.3. The van der Waals surface area contributed by atoms with Gasteiger partial charge in [0.15, 0.2) is 0 Å². The van der Waals surface area contributed by atoms with Crippen LogP contribution in [0.5, 0.6) is 0 Å². The number of pyridine rings is 1. The van der Waals surface area contributed by atoms with Crippen molar-refractivity contribution in [3.8, 4) is 6.07 Å². The zero-order valence-electron chi connectivity index (χ0n) is 10.3. The minimum atomic E-state index is -0.376. The van der Waals surface area contributed by atoms with Gasteiger partial charge in [-0.15, -0.1) is 0 Å². The molecule has 0 bridgehead atoms. The van der Waals surface area contributed by atoms with Crippen LogP contribution in [0.1, 0.15) is 23.2 Å². The zero-order valence-corrected chi connectivity index (χ0v) is 10.3. The third-order valence-corrected chi connectivity index (χ3v) is 3.41. The number of nitrogens with one attached hydrogen (secondary N) is 1. The van der Waals surface area contributed by atoms with E-state index in [9.17, 15) is 4.79 Å². The summed E-state index contributed by atoms with van der Waals surface area (Å²) in [6.07, 6.45) is 3.67. The number of carbonyl (C=O) groups is 1. The lowest BCUT2D eigenvalue weighted by molar-refractivity contribution is 0.0943. The molecule has 1 aliphatic rings. The molecule has 0 aliphatic heterocycles. The van der Waals surface area contributed by atoms with Crippen LogP contribution in [0.25, 0.3) is 10.9 Å². The van der Waals surface area contributed by atoms with E-state index in [0.29, 0.717) is 11.5 Å². The molecule has 0 spiro atoms. The first-order valence-corrected chi connectivity index (χ1v) is 6.34. The summed E-state index contributed by atoms with van der Waals surface area (Å²) in [5, 5.41) is 12.7. The molecule has 4 nitrogen and oxygen atoms in total. The van der Waals surface area contributed by atoms with E-state index in [2.05, 4.69) is 16.4 Å². The summed E-state index contributed by atoms with van der Waals surface area (Å²) in [6, 6.07) is 11.0. The van der Waals surface area contributed by atoms with Crippen LogP contribution in [0.3, 0.4) is 0 Å². The Morgan fingerprint density at radius 1 is 1.37 bits per heavy atom. The standard InChI is InChI=1S/C15H13N3O/c16-9-14(10-5-6-10)18-15(19)12-7-8-17-13-4-2-1-3-11(12)13/h1-4,7-8,10,14H,5-6H2,(H,18,19). The fourth-order valence-electron chi connectivity index (χ4n) is 2.20. The van der Waals surface area contributed by atoms with E-state index in [1.165, 1.54) is 0 Å². The van der Waals surface area contributed by atoms with E-state index in [1.54, 1.807) is 12.3 Å². The second-order valence-corrected chi connectivity index (χ2v) is 4.79. The fourth-order valence-corrected chi connectivity index (χ4v) is 2.20. The molecule has 0 radical (unpaired) electrons. The van der Waals surface area contributed by atoms with Gasteiger partial charge in [0.05, 0.1) is 17.1 Å². The molecule has 3 rings (SSSR count). The lowest BCUT2D eigenvalue weighted by Gasteiger charge is -2.11. The van der Waals surface area contributed by atoms with E-state index < -0.39 is 0 Å². The number of rotatable bonds is 3. The van der Waals surface area contributed by atoms with Gasteiger partial charge in [-0.3, -0.25) is 9.78 Å². The minimum absolute atomic E-state index is 0.197. The predicted molar refractivity (Wildman–Crippen MR) is 71.3 cm³/mol. The van der Waals surface area contributed by atoms with Crippen molar-refractivity contribution in [1.29, 1.82) is 5.26 Å². The second-order valence-electron chi connectivity index (χ2n) is 4.79. The minimum Gasteiger partial charge on any atom is -0.336 e. The molecule has 1 aromatic carbocycles. The molecule has 19 heavy (non-hydrogen) atoms.